The number of furan rings is 1. The molecule has 1 amide bonds. The van der Waals surface area contributed by atoms with Crippen molar-refractivity contribution in [2.45, 2.75) is 38.5 Å². The highest BCUT2D eigenvalue weighted by molar-refractivity contribution is 6.33. The van der Waals surface area contributed by atoms with Gasteiger partial charge in [-0.3, -0.25) is 4.79 Å². The Hall–Kier alpha value is -2.53. The Balaban J connectivity index is 1.67. The van der Waals surface area contributed by atoms with Crippen LogP contribution in [-0.4, -0.2) is 17.0 Å². The van der Waals surface area contributed by atoms with Crippen molar-refractivity contribution < 1.29 is 19.1 Å². The van der Waals surface area contributed by atoms with Crippen LogP contribution >= 0.6 is 11.6 Å². The zero-order valence-corrected chi connectivity index (χ0v) is 15.7. The Morgan fingerprint density at radius 3 is 2.63 bits per heavy atom. The first-order chi connectivity index (χ1) is 13.0. The van der Waals surface area contributed by atoms with Crippen LogP contribution < -0.4 is 5.32 Å². The van der Waals surface area contributed by atoms with E-state index in [1.165, 1.54) is 18.9 Å². The van der Waals surface area contributed by atoms with Crippen LogP contribution in [0, 0.1) is 5.92 Å². The minimum absolute atomic E-state index is 0.202. The van der Waals surface area contributed by atoms with Crippen LogP contribution in [0.2, 0.25) is 5.02 Å². The lowest BCUT2D eigenvalue weighted by atomic mass is 10.0. The van der Waals surface area contributed by atoms with Gasteiger partial charge in [0.15, 0.2) is 0 Å². The number of nitrogens with one attached hydrogen (secondary N) is 1. The van der Waals surface area contributed by atoms with Gasteiger partial charge in [-0.25, -0.2) is 4.79 Å². The van der Waals surface area contributed by atoms with Crippen molar-refractivity contribution in [2.24, 2.45) is 5.92 Å². The third-order valence-electron chi connectivity index (χ3n) is 4.81. The third kappa shape index (κ3) is 5.23. The molecule has 27 heavy (non-hydrogen) atoms. The second-order valence-corrected chi connectivity index (χ2v) is 7.19. The summed E-state index contributed by atoms with van der Waals surface area (Å²) in [6.45, 7) is 0. The molecule has 142 valence electrons. The Labute approximate surface area is 163 Å². The van der Waals surface area contributed by atoms with E-state index in [9.17, 15) is 14.7 Å². The maximum Gasteiger partial charge on any atom is 0.352 e. The largest absolute Gasteiger partial charge is 0.477 e. The molecule has 1 aliphatic carbocycles. The Morgan fingerprint density at radius 2 is 1.93 bits per heavy atom. The summed E-state index contributed by atoms with van der Waals surface area (Å²) < 4.78 is 5.68. The maximum atomic E-state index is 12.1. The van der Waals surface area contributed by atoms with Crippen LogP contribution in [0.3, 0.4) is 0 Å². The molecule has 0 bridgehead atoms. The lowest BCUT2D eigenvalue weighted by Crippen LogP contribution is -2.27. The van der Waals surface area contributed by atoms with Gasteiger partial charge >= 0.3 is 5.97 Å². The molecule has 6 heteroatoms. The molecule has 1 aromatic carbocycles. The van der Waals surface area contributed by atoms with Crippen LogP contribution in [0.5, 0.6) is 0 Å². The Kier molecular flexibility index (Phi) is 6.35. The highest BCUT2D eigenvalue weighted by Crippen LogP contribution is 2.30. The molecule has 5 nitrogen and oxygen atoms in total. The smallest absolute Gasteiger partial charge is 0.352 e. The van der Waals surface area contributed by atoms with E-state index in [-0.39, 0.29) is 11.6 Å². The summed E-state index contributed by atoms with van der Waals surface area (Å²) in [5.74, 6) is -0.0489. The normalized spacial score (nSPS) is 15.1. The van der Waals surface area contributed by atoms with E-state index in [1.807, 2.05) is 18.2 Å². The van der Waals surface area contributed by atoms with Gasteiger partial charge in [0, 0.05) is 18.1 Å². The van der Waals surface area contributed by atoms with Crippen LogP contribution in [0.1, 0.15) is 44.3 Å². The number of halogens is 1. The van der Waals surface area contributed by atoms with Crippen LogP contribution in [-0.2, 0) is 9.59 Å². The molecule has 2 N–H and O–H groups in total. The first-order valence-corrected chi connectivity index (χ1v) is 9.50. The van der Waals surface area contributed by atoms with Crippen molar-refractivity contribution in [3.05, 3.63) is 52.9 Å². The average molecular weight is 388 g/mol. The number of aliphatic carboxylic acids is 1. The van der Waals surface area contributed by atoms with Gasteiger partial charge in [0.25, 0.3) is 0 Å². The summed E-state index contributed by atoms with van der Waals surface area (Å²) in [6, 6.07) is 10.6. The number of hydrogen-bond acceptors (Lipinski definition) is 3. The zero-order chi connectivity index (χ0) is 19.2. The molecule has 1 fully saturated rings. The van der Waals surface area contributed by atoms with Crippen molar-refractivity contribution in [3.8, 4) is 11.3 Å². The molecule has 1 heterocycles. The summed E-state index contributed by atoms with van der Waals surface area (Å²) in [4.78, 5) is 23.6. The first kappa shape index (κ1) is 19.2. The second-order valence-electron chi connectivity index (χ2n) is 6.78. The first-order valence-electron chi connectivity index (χ1n) is 9.12. The topological polar surface area (TPSA) is 79.5 Å². The highest BCUT2D eigenvalue weighted by Gasteiger charge is 2.18. The molecule has 0 radical (unpaired) electrons. The van der Waals surface area contributed by atoms with Crippen molar-refractivity contribution in [2.75, 3.05) is 0 Å². The van der Waals surface area contributed by atoms with E-state index < -0.39 is 5.97 Å². The molecule has 0 atom stereocenters. The molecule has 0 aliphatic heterocycles. The van der Waals surface area contributed by atoms with Crippen molar-refractivity contribution >= 4 is 29.6 Å². The molecule has 0 spiro atoms. The number of amides is 1. The molecule has 1 saturated carbocycles. The van der Waals surface area contributed by atoms with Crippen LogP contribution in [0.15, 0.2) is 46.5 Å². The van der Waals surface area contributed by atoms with Gasteiger partial charge in [0.1, 0.15) is 17.2 Å². The molecule has 3 rings (SSSR count). The average Bonchev–Trinajstić information content (AvgIpc) is 3.31. The van der Waals surface area contributed by atoms with E-state index in [0.29, 0.717) is 28.9 Å². The number of carboxylic acid groups (broad SMARTS) is 1. The van der Waals surface area contributed by atoms with E-state index in [0.717, 1.165) is 24.8 Å². The van der Waals surface area contributed by atoms with Crippen LogP contribution in [0.4, 0.5) is 0 Å². The predicted octanol–water partition coefficient (Wildman–Crippen LogP) is 5.11. The zero-order valence-electron chi connectivity index (χ0n) is 14.9. The number of benzene rings is 1. The van der Waals surface area contributed by atoms with E-state index in [2.05, 4.69) is 5.32 Å². The van der Waals surface area contributed by atoms with Gasteiger partial charge in [-0.2, -0.15) is 0 Å². The van der Waals surface area contributed by atoms with E-state index in [4.69, 9.17) is 16.0 Å². The summed E-state index contributed by atoms with van der Waals surface area (Å²) >= 11 is 6.16. The Morgan fingerprint density at radius 1 is 1.19 bits per heavy atom. The summed E-state index contributed by atoms with van der Waals surface area (Å²) in [5, 5.41) is 12.4. The lowest BCUT2D eigenvalue weighted by Gasteiger charge is -2.09. The number of hydrogen-bond donors (Lipinski definition) is 2. The summed E-state index contributed by atoms with van der Waals surface area (Å²) in [6.07, 6.45) is 7.21. The van der Waals surface area contributed by atoms with Crippen molar-refractivity contribution in [1.82, 2.24) is 5.32 Å². The monoisotopic (exact) mass is 387 g/mol. The number of rotatable bonds is 7. The fraction of sp³-hybridized carbons (Fsp3) is 0.333. The minimum Gasteiger partial charge on any atom is -0.477 e. The van der Waals surface area contributed by atoms with Gasteiger partial charge in [-0.15, -0.1) is 0 Å². The number of carbonyl (C=O) groups excluding carboxylic acids is 1. The summed E-state index contributed by atoms with van der Waals surface area (Å²) in [5.41, 5.74) is 0.516. The molecule has 2 aromatic rings. The van der Waals surface area contributed by atoms with Crippen molar-refractivity contribution in [1.29, 1.82) is 0 Å². The SMILES string of the molecule is O=C(CCC1CCCC1)NC(=Cc1ccc(-c2ccccc2Cl)o1)C(=O)O. The Bertz CT molecular complexity index is 849. The van der Waals surface area contributed by atoms with Gasteiger partial charge in [0.2, 0.25) is 5.91 Å². The number of carbonyl (C=O) groups is 2. The fourth-order valence-corrected chi connectivity index (χ4v) is 3.61. The second kappa shape index (κ2) is 8.91. The third-order valence-corrected chi connectivity index (χ3v) is 5.14. The molecule has 1 aliphatic rings. The fourth-order valence-electron chi connectivity index (χ4n) is 3.38. The predicted molar refractivity (Wildman–Crippen MR) is 104 cm³/mol. The van der Waals surface area contributed by atoms with Gasteiger partial charge < -0.3 is 14.8 Å². The van der Waals surface area contributed by atoms with Gasteiger partial charge in [-0.05, 0) is 36.6 Å². The quantitative estimate of drug-likeness (QED) is 0.647. The van der Waals surface area contributed by atoms with E-state index in [1.54, 1.807) is 18.2 Å². The molecule has 1 aromatic heterocycles. The molecule has 0 unspecified atom stereocenters. The molecular formula is C21H22ClNO4. The molecule has 0 saturated heterocycles. The maximum absolute atomic E-state index is 12.1. The highest BCUT2D eigenvalue weighted by atomic mass is 35.5. The standard InChI is InChI=1S/C21H22ClNO4/c22-17-8-4-3-7-16(17)19-11-10-15(27-19)13-18(21(25)26)23-20(24)12-9-14-5-1-2-6-14/h3-4,7-8,10-11,13-14H,1-2,5-6,9,12H2,(H,23,24)(H,25,26). The van der Waals surface area contributed by atoms with Gasteiger partial charge in [0.05, 0.1) is 5.02 Å². The lowest BCUT2D eigenvalue weighted by molar-refractivity contribution is -0.134. The van der Waals surface area contributed by atoms with Crippen LogP contribution in [0.25, 0.3) is 17.4 Å². The number of carboxylic acids is 1. The van der Waals surface area contributed by atoms with E-state index >= 15 is 0 Å². The minimum atomic E-state index is -1.21. The summed E-state index contributed by atoms with van der Waals surface area (Å²) in [7, 11) is 0. The molecular weight excluding hydrogens is 366 g/mol. The van der Waals surface area contributed by atoms with Crippen molar-refractivity contribution in [3.63, 3.8) is 0 Å². The van der Waals surface area contributed by atoms with Gasteiger partial charge in [-0.1, -0.05) is 49.4 Å².